The molecule has 2 aliphatic carbocycles. The summed E-state index contributed by atoms with van der Waals surface area (Å²) in [5.41, 5.74) is -15.2. The van der Waals surface area contributed by atoms with Crippen molar-refractivity contribution in [3.05, 3.63) is 117 Å². The molecule has 4 aliphatic rings. The molecule has 0 radical (unpaired) electrons. The van der Waals surface area contributed by atoms with Gasteiger partial charge >= 0.3 is 5.97 Å². The van der Waals surface area contributed by atoms with Crippen LogP contribution in [0.4, 0.5) is 0 Å². The van der Waals surface area contributed by atoms with Gasteiger partial charge in [-0.1, -0.05) is 36.4 Å². The summed E-state index contributed by atoms with van der Waals surface area (Å²) in [6.07, 6.45) is -21.5. The van der Waals surface area contributed by atoms with Crippen LogP contribution in [0.2, 0.25) is 0 Å². The fourth-order valence-corrected chi connectivity index (χ4v) is 8.20. The molecule has 17 N–H and O–H groups in total. The minimum Gasteiger partial charge on any atom is -0.508 e. The Morgan fingerprint density at radius 1 is 0.529 bits per heavy atom. The van der Waals surface area contributed by atoms with Crippen LogP contribution in [0, 0.1) is 5.92 Å². The summed E-state index contributed by atoms with van der Waals surface area (Å²) >= 11 is 0. The number of phenols is 2. The highest BCUT2D eigenvalue weighted by molar-refractivity contribution is 6.32. The van der Waals surface area contributed by atoms with Gasteiger partial charge in [-0.15, -0.1) is 0 Å². The second kappa shape index (κ2) is 19.2. The number of carboxylic acid groups (broad SMARTS) is 1. The van der Waals surface area contributed by atoms with Gasteiger partial charge < -0.3 is 96.3 Å². The lowest BCUT2D eigenvalue weighted by molar-refractivity contribution is -0.260. The number of carboxylic acids is 1. The molecule has 24 heteroatoms. The minimum absolute atomic E-state index is 0.143. The van der Waals surface area contributed by atoms with E-state index in [0.29, 0.717) is 12.2 Å². The van der Waals surface area contributed by atoms with Crippen molar-refractivity contribution in [2.75, 3.05) is 13.2 Å². The highest BCUT2D eigenvalue weighted by atomic mass is 16.6. The number of carbonyl (C=O) groups excluding carboxylic acids is 4. The van der Waals surface area contributed by atoms with E-state index in [2.05, 4.69) is 0 Å². The van der Waals surface area contributed by atoms with Crippen LogP contribution < -0.4 is 0 Å². The van der Waals surface area contributed by atoms with Crippen LogP contribution in [0.15, 0.2) is 106 Å². The fraction of sp³-hybridized carbons (Fsp3) is 0.341. The molecule has 68 heavy (non-hydrogen) atoms. The lowest BCUT2D eigenvalue weighted by atomic mass is 9.64. The Hall–Kier alpha value is -6.65. The molecule has 0 bridgehead atoms. The zero-order valence-corrected chi connectivity index (χ0v) is 34.7. The number of hydrogen-bond donors (Lipinski definition) is 17. The molecule has 0 saturated carbocycles. The Morgan fingerprint density at radius 3 is 1.15 bits per heavy atom. The highest BCUT2D eigenvalue weighted by Gasteiger charge is 2.68. The van der Waals surface area contributed by atoms with Gasteiger partial charge in [0.2, 0.25) is 34.3 Å². The first-order valence-corrected chi connectivity index (χ1v) is 20.0. The van der Waals surface area contributed by atoms with Gasteiger partial charge in [0.25, 0.3) is 0 Å². The van der Waals surface area contributed by atoms with E-state index in [9.17, 15) is 111 Å². The summed E-state index contributed by atoms with van der Waals surface area (Å²) < 4.78 is 10.6. The molecule has 2 saturated heterocycles. The number of phenolic OH excluding ortho intramolecular Hbond substituents is 2. The number of Topliss-reactive ketones (excluding diaryl/α,β-unsaturated/α-hetero) is 4. The Bertz CT molecular complexity index is 2400. The summed E-state index contributed by atoms with van der Waals surface area (Å²) in [6.45, 7) is -2.51. The van der Waals surface area contributed by atoms with Crippen LogP contribution in [0.1, 0.15) is 11.1 Å². The van der Waals surface area contributed by atoms with Gasteiger partial charge in [-0.2, -0.15) is 0 Å². The highest BCUT2D eigenvalue weighted by Crippen LogP contribution is 2.47. The normalized spacial score (nSPS) is 34.8. The number of aromatic hydroxyl groups is 2. The molecule has 0 unspecified atom stereocenters. The molecular weight excluding hydrogens is 912 g/mol. The third kappa shape index (κ3) is 8.37. The van der Waals surface area contributed by atoms with E-state index >= 15 is 0 Å². The average Bonchev–Trinajstić information content (AvgIpc) is 3.30. The van der Waals surface area contributed by atoms with Crippen molar-refractivity contribution < 1.29 is 120 Å². The first-order chi connectivity index (χ1) is 31.9. The van der Waals surface area contributed by atoms with E-state index in [0.717, 1.165) is 12.2 Å². The average molecular weight is 957 g/mol. The third-order valence-electron chi connectivity index (χ3n) is 11.9. The van der Waals surface area contributed by atoms with E-state index < -0.39 is 166 Å². The lowest BCUT2D eigenvalue weighted by Crippen LogP contribution is -2.72. The first kappa shape index (κ1) is 50.8. The summed E-state index contributed by atoms with van der Waals surface area (Å²) in [6, 6.07) is 9.68. The largest absolute Gasteiger partial charge is 0.508 e. The molecule has 6 rings (SSSR count). The Balaban J connectivity index is 1.68. The van der Waals surface area contributed by atoms with Crippen LogP contribution in [0.5, 0.6) is 11.5 Å². The summed E-state index contributed by atoms with van der Waals surface area (Å²) in [5, 5.41) is 186. The van der Waals surface area contributed by atoms with E-state index in [1.165, 1.54) is 48.5 Å². The summed E-state index contributed by atoms with van der Waals surface area (Å²) in [4.78, 5) is 72.1. The summed E-state index contributed by atoms with van der Waals surface area (Å²) in [7, 11) is 0. The maximum absolute atomic E-state index is 14.8. The Kier molecular flexibility index (Phi) is 14.3. The number of ether oxygens (including phenoxy) is 2. The number of aliphatic carboxylic acids is 1. The molecule has 0 aromatic heterocycles. The van der Waals surface area contributed by atoms with Gasteiger partial charge in [0.15, 0.2) is 0 Å². The zero-order valence-electron chi connectivity index (χ0n) is 34.7. The van der Waals surface area contributed by atoms with Crippen molar-refractivity contribution in [3.8, 4) is 11.5 Å². The number of aliphatic hydroxyl groups is 14. The van der Waals surface area contributed by atoms with E-state index in [1.807, 2.05) is 0 Å². The molecule has 0 amide bonds. The fourth-order valence-electron chi connectivity index (χ4n) is 8.20. The van der Waals surface area contributed by atoms with Crippen LogP contribution in [0.3, 0.4) is 0 Å². The molecule has 24 nitrogen and oxygen atoms in total. The molecular formula is C44H44O24. The van der Waals surface area contributed by atoms with Gasteiger partial charge in [0.1, 0.15) is 113 Å². The van der Waals surface area contributed by atoms with Crippen molar-refractivity contribution in [1.29, 1.82) is 0 Å². The van der Waals surface area contributed by atoms with Crippen molar-refractivity contribution in [2.24, 2.45) is 5.92 Å². The van der Waals surface area contributed by atoms with Crippen LogP contribution in [-0.2, 0) is 33.4 Å². The van der Waals surface area contributed by atoms with E-state index in [4.69, 9.17) is 9.47 Å². The number of carbonyl (C=O) groups is 5. The topological polar surface area (TPSA) is 448 Å². The molecule has 2 aromatic rings. The SMILES string of the molecule is O=C(O)C(C1=C(O)C(=C(O)C=Cc2ccc(O)cc2)C(=O)[C@](O)([C@H]2O[C@H](CO)[C@@H](O)[C@H](O)[C@H]2O)C1=O)C1=C(O)C(=C(O)C=Cc2ccc(O)cc2)C(=O)[C@](O)([C@H]2O[C@H](CO)[C@@H](O)[C@H](O)[C@H]2O)C1=O. The third-order valence-corrected chi connectivity index (χ3v) is 11.9. The number of ketones is 4. The van der Waals surface area contributed by atoms with Crippen LogP contribution >= 0.6 is 0 Å². The van der Waals surface area contributed by atoms with Gasteiger partial charge in [0, 0.05) is 0 Å². The quantitative estimate of drug-likeness (QED) is 0.0584. The first-order valence-electron chi connectivity index (χ1n) is 20.0. The Morgan fingerprint density at radius 2 is 0.853 bits per heavy atom. The van der Waals surface area contributed by atoms with E-state index in [-0.39, 0.29) is 22.6 Å². The Labute approximate surface area is 381 Å². The van der Waals surface area contributed by atoms with Crippen LogP contribution in [0.25, 0.3) is 12.2 Å². The number of hydrogen-bond acceptors (Lipinski definition) is 23. The molecule has 364 valence electrons. The van der Waals surface area contributed by atoms with Crippen molar-refractivity contribution in [1.82, 2.24) is 0 Å². The standard InChI is InChI=1S/C44H44O24/c45-13-21-28(51)32(55)34(57)40(67-21)43(65)36(59)23(19(49)11-5-15-1-7-17(47)8-2-15)30(53)26(38(43)61)25(42(63)64)27-31(54)24(20(50)12-6-16-3-9-18(48)10-4-16)37(60)44(66,39(27)62)41-35(58)33(56)29(52)22(14-46)68-41/h1-12,21-22,25,28-29,32-35,40-41,45-58,65-66H,13-14H2,(H,63,64)/t21-,22-,25?,28-,29-,32+,33+,34-,35-,40+,41+,43-,44-/m1/s1. The lowest BCUT2D eigenvalue weighted by Gasteiger charge is -2.48. The molecule has 2 aromatic carbocycles. The zero-order chi connectivity index (χ0) is 50.5. The monoisotopic (exact) mass is 956 g/mol. The maximum atomic E-state index is 14.8. The number of aliphatic hydroxyl groups excluding tert-OH is 12. The number of allylic oxidation sites excluding steroid dienone is 4. The van der Waals surface area contributed by atoms with Gasteiger partial charge in [-0.05, 0) is 47.5 Å². The second-order valence-electron chi connectivity index (χ2n) is 16.0. The minimum atomic E-state index is -4.19. The number of rotatable bonds is 11. The van der Waals surface area contributed by atoms with Crippen molar-refractivity contribution >= 4 is 41.3 Å². The number of benzene rings is 2. The smallest absolute Gasteiger partial charge is 0.316 e. The predicted molar refractivity (Wildman–Crippen MR) is 221 cm³/mol. The molecule has 2 fully saturated rings. The van der Waals surface area contributed by atoms with Crippen LogP contribution in [-0.4, -0.2) is 201 Å². The van der Waals surface area contributed by atoms with Gasteiger partial charge in [-0.25, -0.2) is 0 Å². The molecule has 0 spiro atoms. The molecule has 12 atom stereocenters. The summed E-state index contributed by atoms with van der Waals surface area (Å²) in [5.74, 6) is -22.2. The maximum Gasteiger partial charge on any atom is 0.316 e. The van der Waals surface area contributed by atoms with Crippen molar-refractivity contribution in [3.63, 3.8) is 0 Å². The van der Waals surface area contributed by atoms with E-state index in [1.54, 1.807) is 0 Å². The predicted octanol–water partition coefficient (Wildman–Crippen LogP) is -3.78. The van der Waals surface area contributed by atoms with Gasteiger partial charge in [0.05, 0.1) is 24.4 Å². The molecule has 2 aliphatic heterocycles. The van der Waals surface area contributed by atoms with Gasteiger partial charge in [-0.3, -0.25) is 24.0 Å². The second-order valence-corrected chi connectivity index (χ2v) is 16.0. The van der Waals surface area contributed by atoms with Crippen molar-refractivity contribution in [2.45, 2.75) is 72.2 Å². The molecule has 2 heterocycles.